The van der Waals surface area contributed by atoms with Crippen molar-refractivity contribution in [3.8, 4) is 0 Å². The van der Waals surface area contributed by atoms with Crippen LogP contribution in [0.2, 0.25) is 0 Å². The number of rotatable bonds is 1. The molecule has 0 bridgehead atoms. The Labute approximate surface area is 97.3 Å². The topological polar surface area (TPSA) is 26.0 Å². The minimum atomic E-state index is -0.179. The maximum absolute atomic E-state index is 13.3. The zero-order valence-corrected chi connectivity index (χ0v) is 10.5. The molecular formula is C12H19ClFN. The second-order valence-corrected chi connectivity index (χ2v) is 4.85. The lowest BCUT2D eigenvalue weighted by Gasteiger charge is -2.27. The number of halogens is 2. The van der Waals surface area contributed by atoms with Gasteiger partial charge in [-0.15, -0.1) is 12.4 Å². The van der Waals surface area contributed by atoms with Crippen molar-refractivity contribution in [2.45, 2.75) is 33.7 Å². The summed E-state index contributed by atoms with van der Waals surface area (Å²) in [5.74, 6) is -0.179. The highest BCUT2D eigenvalue weighted by Gasteiger charge is 2.22. The predicted molar refractivity (Wildman–Crippen MR) is 64.8 cm³/mol. The van der Waals surface area contributed by atoms with Crippen LogP contribution in [-0.2, 0) is 0 Å². The molecule has 86 valence electrons. The first-order valence-electron chi connectivity index (χ1n) is 4.84. The van der Waals surface area contributed by atoms with Crippen LogP contribution in [0.15, 0.2) is 18.2 Å². The van der Waals surface area contributed by atoms with Gasteiger partial charge >= 0.3 is 0 Å². The van der Waals surface area contributed by atoms with Gasteiger partial charge < -0.3 is 5.73 Å². The quantitative estimate of drug-likeness (QED) is 0.785. The Morgan fingerprint density at radius 3 is 2.20 bits per heavy atom. The van der Waals surface area contributed by atoms with Gasteiger partial charge in [0.15, 0.2) is 0 Å². The van der Waals surface area contributed by atoms with Crippen LogP contribution in [0.5, 0.6) is 0 Å². The molecule has 0 aliphatic rings. The molecule has 0 aliphatic heterocycles. The first-order chi connectivity index (χ1) is 6.32. The summed E-state index contributed by atoms with van der Waals surface area (Å²) in [6.07, 6.45) is 0. The van der Waals surface area contributed by atoms with Crippen molar-refractivity contribution in [3.63, 3.8) is 0 Å². The molecule has 0 spiro atoms. The molecule has 1 atom stereocenters. The van der Waals surface area contributed by atoms with Gasteiger partial charge in [-0.1, -0.05) is 32.9 Å². The first-order valence-corrected chi connectivity index (χ1v) is 4.84. The highest BCUT2D eigenvalue weighted by Crippen LogP contribution is 2.30. The Kier molecular flexibility index (Phi) is 4.75. The molecular weight excluding hydrogens is 213 g/mol. The molecule has 0 aromatic heterocycles. The average Bonchev–Trinajstić information content (AvgIpc) is 2.07. The van der Waals surface area contributed by atoms with E-state index in [0.29, 0.717) is 5.56 Å². The van der Waals surface area contributed by atoms with Crippen LogP contribution in [0.1, 0.15) is 37.9 Å². The molecule has 0 radical (unpaired) electrons. The van der Waals surface area contributed by atoms with Crippen LogP contribution in [-0.4, -0.2) is 0 Å². The molecule has 0 saturated heterocycles. The zero-order chi connectivity index (χ0) is 10.9. The molecule has 0 unspecified atom stereocenters. The third-order valence-corrected chi connectivity index (χ3v) is 2.49. The van der Waals surface area contributed by atoms with Gasteiger partial charge in [0.1, 0.15) is 5.82 Å². The standard InChI is InChI=1S/C12H18FN.ClH/c1-8-5-6-9(7-10(8)13)11(14)12(2,3)4;/h5-7,11H,14H2,1-4H3;1H/t11-;/m1./s1. The van der Waals surface area contributed by atoms with Crippen LogP contribution >= 0.6 is 12.4 Å². The Morgan fingerprint density at radius 2 is 1.80 bits per heavy atom. The van der Waals surface area contributed by atoms with Crippen molar-refractivity contribution in [3.05, 3.63) is 35.1 Å². The Bertz CT molecular complexity index is 331. The fraction of sp³-hybridized carbons (Fsp3) is 0.500. The Morgan fingerprint density at radius 1 is 1.27 bits per heavy atom. The molecule has 0 heterocycles. The summed E-state index contributed by atoms with van der Waals surface area (Å²) in [4.78, 5) is 0. The van der Waals surface area contributed by atoms with E-state index in [1.54, 1.807) is 13.0 Å². The van der Waals surface area contributed by atoms with Gasteiger partial charge in [-0.05, 0) is 29.5 Å². The summed E-state index contributed by atoms with van der Waals surface area (Å²) in [5.41, 5.74) is 7.51. The molecule has 2 N–H and O–H groups in total. The van der Waals surface area contributed by atoms with Gasteiger partial charge in [0.05, 0.1) is 0 Å². The summed E-state index contributed by atoms with van der Waals surface area (Å²) in [7, 11) is 0. The third-order valence-electron chi connectivity index (χ3n) is 2.49. The van der Waals surface area contributed by atoms with E-state index in [9.17, 15) is 4.39 Å². The SMILES string of the molecule is Cc1ccc([C@@H](N)C(C)(C)C)cc1F.Cl. The average molecular weight is 232 g/mol. The summed E-state index contributed by atoms with van der Waals surface area (Å²) >= 11 is 0. The van der Waals surface area contributed by atoms with Crippen molar-refractivity contribution in [2.24, 2.45) is 11.1 Å². The molecule has 1 nitrogen and oxygen atoms in total. The molecule has 1 rings (SSSR count). The second-order valence-electron chi connectivity index (χ2n) is 4.85. The van der Waals surface area contributed by atoms with Crippen LogP contribution < -0.4 is 5.73 Å². The van der Waals surface area contributed by atoms with Crippen LogP contribution in [0.3, 0.4) is 0 Å². The van der Waals surface area contributed by atoms with E-state index in [-0.39, 0.29) is 29.7 Å². The van der Waals surface area contributed by atoms with E-state index >= 15 is 0 Å². The maximum Gasteiger partial charge on any atom is 0.126 e. The van der Waals surface area contributed by atoms with Gasteiger partial charge in [-0.3, -0.25) is 0 Å². The van der Waals surface area contributed by atoms with E-state index in [0.717, 1.165) is 5.56 Å². The molecule has 0 saturated carbocycles. The van der Waals surface area contributed by atoms with Gasteiger partial charge in [-0.25, -0.2) is 4.39 Å². The fourth-order valence-electron chi connectivity index (χ4n) is 1.30. The van der Waals surface area contributed by atoms with Gasteiger partial charge in [0.25, 0.3) is 0 Å². The summed E-state index contributed by atoms with van der Waals surface area (Å²) in [5, 5.41) is 0. The minimum Gasteiger partial charge on any atom is -0.324 e. The van der Waals surface area contributed by atoms with E-state index in [1.165, 1.54) is 6.07 Å². The first kappa shape index (κ1) is 14.4. The highest BCUT2D eigenvalue weighted by molar-refractivity contribution is 5.85. The van der Waals surface area contributed by atoms with Crippen molar-refractivity contribution >= 4 is 12.4 Å². The molecule has 1 aromatic rings. The maximum atomic E-state index is 13.3. The molecule has 15 heavy (non-hydrogen) atoms. The van der Waals surface area contributed by atoms with Gasteiger partial charge in [0, 0.05) is 6.04 Å². The lowest BCUT2D eigenvalue weighted by atomic mass is 9.83. The third kappa shape index (κ3) is 3.47. The largest absolute Gasteiger partial charge is 0.324 e. The predicted octanol–water partition coefficient (Wildman–Crippen LogP) is 3.60. The Balaban J connectivity index is 0.00000196. The number of hydrogen-bond acceptors (Lipinski definition) is 1. The molecule has 1 aromatic carbocycles. The van der Waals surface area contributed by atoms with Crippen molar-refractivity contribution in [1.82, 2.24) is 0 Å². The van der Waals surface area contributed by atoms with E-state index in [1.807, 2.05) is 6.07 Å². The van der Waals surface area contributed by atoms with Crippen LogP contribution in [0, 0.1) is 18.2 Å². The van der Waals surface area contributed by atoms with Crippen molar-refractivity contribution in [1.29, 1.82) is 0 Å². The van der Waals surface area contributed by atoms with Crippen LogP contribution in [0.25, 0.3) is 0 Å². The normalized spacial score (nSPS) is 13.2. The van der Waals surface area contributed by atoms with Gasteiger partial charge in [-0.2, -0.15) is 0 Å². The number of benzene rings is 1. The summed E-state index contributed by atoms with van der Waals surface area (Å²) in [6.45, 7) is 7.90. The van der Waals surface area contributed by atoms with Crippen LogP contribution in [0.4, 0.5) is 4.39 Å². The van der Waals surface area contributed by atoms with E-state index < -0.39 is 0 Å². The summed E-state index contributed by atoms with van der Waals surface area (Å²) in [6, 6.07) is 5.08. The molecule has 0 amide bonds. The lowest BCUT2D eigenvalue weighted by Crippen LogP contribution is -2.26. The second kappa shape index (κ2) is 4.95. The summed E-state index contributed by atoms with van der Waals surface area (Å²) < 4.78 is 13.3. The minimum absolute atomic E-state index is 0. The Hall–Kier alpha value is -0.600. The van der Waals surface area contributed by atoms with E-state index in [4.69, 9.17) is 5.73 Å². The monoisotopic (exact) mass is 231 g/mol. The molecule has 0 fully saturated rings. The van der Waals surface area contributed by atoms with Crippen molar-refractivity contribution < 1.29 is 4.39 Å². The molecule has 0 aliphatic carbocycles. The smallest absolute Gasteiger partial charge is 0.126 e. The lowest BCUT2D eigenvalue weighted by molar-refractivity contribution is 0.326. The number of nitrogens with two attached hydrogens (primary N) is 1. The van der Waals surface area contributed by atoms with E-state index in [2.05, 4.69) is 20.8 Å². The molecule has 3 heteroatoms. The highest BCUT2D eigenvalue weighted by atomic mass is 35.5. The number of hydrogen-bond donors (Lipinski definition) is 1. The van der Waals surface area contributed by atoms with Gasteiger partial charge in [0.2, 0.25) is 0 Å². The van der Waals surface area contributed by atoms with Crippen molar-refractivity contribution in [2.75, 3.05) is 0 Å². The number of aryl methyl sites for hydroxylation is 1. The fourth-order valence-corrected chi connectivity index (χ4v) is 1.30. The zero-order valence-electron chi connectivity index (χ0n) is 9.67.